The van der Waals surface area contributed by atoms with Crippen molar-refractivity contribution < 1.29 is 4.74 Å². The third-order valence-electron chi connectivity index (χ3n) is 3.19. The summed E-state index contributed by atoms with van der Waals surface area (Å²) in [5.74, 6) is 0.593. The average molecular weight is 285 g/mol. The molecule has 1 aromatic heterocycles. The highest BCUT2D eigenvalue weighted by Crippen LogP contribution is 2.16. The number of rotatable bonds is 7. The Kier molecular flexibility index (Phi) is 5.22. The minimum absolute atomic E-state index is 0.0225. The third-order valence-corrected chi connectivity index (χ3v) is 3.19. The van der Waals surface area contributed by atoms with Gasteiger partial charge in [-0.3, -0.25) is 9.13 Å². The Morgan fingerprint density at radius 1 is 1.19 bits per heavy atom. The Morgan fingerprint density at radius 2 is 1.90 bits per heavy atom. The van der Waals surface area contributed by atoms with Crippen molar-refractivity contribution >= 4 is 0 Å². The molecule has 21 heavy (non-hydrogen) atoms. The van der Waals surface area contributed by atoms with E-state index in [2.05, 4.69) is 6.07 Å². The number of aryl methyl sites for hydroxylation is 2. The van der Waals surface area contributed by atoms with Gasteiger partial charge in [0.05, 0.1) is 12.2 Å². The summed E-state index contributed by atoms with van der Waals surface area (Å²) in [6.07, 6.45) is 5.28. The largest absolute Gasteiger partial charge is 0.492 e. The quantitative estimate of drug-likeness (QED) is 0.734. The first-order chi connectivity index (χ1) is 10.3. The maximum atomic E-state index is 12.0. The SMILES string of the molecule is CCCn1ccn(CCCOc2ccccc2C#N)c1=O. The molecule has 0 aliphatic carbocycles. The van der Waals surface area contributed by atoms with Gasteiger partial charge in [-0.2, -0.15) is 5.26 Å². The van der Waals surface area contributed by atoms with Crippen LogP contribution in [0.25, 0.3) is 0 Å². The van der Waals surface area contributed by atoms with Crippen molar-refractivity contribution in [2.24, 2.45) is 0 Å². The molecule has 0 amide bonds. The van der Waals surface area contributed by atoms with E-state index in [1.54, 1.807) is 33.5 Å². The van der Waals surface area contributed by atoms with Crippen LogP contribution in [0.5, 0.6) is 5.75 Å². The second-order valence-corrected chi connectivity index (χ2v) is 4.78. The molecule has 1 aromatic carbocycles. The van der Waals surface area contributed by atoms with Crippen molar-refractivity contribution in [2.45, 2.75) is 32.9 Å². The molecular weight excluding hydrogens is 266 g/mol. The van der Waals surface area contributed by atoms with Crippen molar-refractivity contribution in [2.75, 3.05) is 6.61 Å². The van der Waals surface area contributed by atoms with Crippen molar-refractivity contribution in [3.8, 4) is 11.8 Å². The highest BCUT2D eigenvalue weighted by atomic mass is 16.5. The Hall–Kier alpha value is -2.48. The second kappa shape index (κ2) is 7.34. The first kappa shape index (κ1) is 14.9. The zero-order chi connectivity index (χ0) is 15.1. The summed E-state index contributed by atoms with van der Waals surface area (Å²) < 4.78 is 9.00. The Balaban J connectivity index is 1.85. The van der Waals surface area contributed by atoms with E-state index >= 15 is 0 Å². The maximum absolute atomic E-state index is 12.0. The smallest absolute Gasteiger partial charge is 0.328 e. The van der Waals surface area contributed by atoms with Gasteiger partial charge < -0.3 is 4.74 Å². The van der Waals surface area contributed by atoms with E-state index in [-0.39, 0.29) is 5.69 Å². The number of hydrogen-bond acceptors (Lipinski definition) is 3. The van der Waals surface area contributed by atoms with E-state index in [0.717, 1.165) is 19.4 Å². The van der Waals surface area contributed by atoms with Gasteiger partial charge >= 0.3 is 5.69 Å². The van der Waals surface area contributed by atoms with Gasteiger partial charge in [-0.25, -0.2) is 4.79 Å². The molecule has 0 fully saturated rings. The molecule has 0 N–H and O–H groups in total. The van der Waals surface area contributed by atoms with Gasteiger partial charge in [0.2, 0.25) is 0 Å². The molecule has 0 bridgehead atoms. The lowest BCUT2D eigenvalue weighted by Gasteiger charge is -2.07. The number of nitrogens with zero attached hydrogens (tertiary/aromatic N) is 3. The van der Waals surface area contributed by atoms with Crippen LogP contribution in [0.15, 0.2) is 41.5 Å². The van der Waals surface area contributed by atoms with Crippen LogP contribution >= 0.6 is 0 Å². The molecular formula is C16H19N3O2. The monoisotopic (exact) mass is 285 g/mol. The predicted molar refractivity (Wildman–Crippen MR) is 80.3 cm³/mol. The van der Waals surface area contributed by atoms with Crippen LogP contribution in [0.2, 0.25) is 0 Å². The molecule has 2 aromatic rings. The van der Waals surface area contributed by atoms with E-state index < -0.39 is 0 Å². The molecule has 110 valence electrons. The molecule has 0 atom stereocenters. The maximum Gasteiger partial charge on any atom is 0.328 e. The fourth-order valence-corrected chi connectivity index (χ4v) is 2.14. The number of benzene rings is 1. The van der Waals surface area contributed by atoms with Crippen LogP contribution in [0.4, 0.5) is 0 Å². The second-order valence-electron chi connectivity index (χ2n) is 4.78. The van der Waals surface area contributed by atoms with Crippen molar-refractivity contribution in [1.82, 2.24) is 9.13 Å². The van der Waals surface area contributed by atoms with Gasteiger partial charge in [0.1, 0.15) is 11.8 Å². The summed E-state index contributed by atoms with van der Waals surface area (Å²) in [4.78, 5) is 12.0. The van der Waals surface area contributed by atoms with Crippen molar-refractivity contribution in [3.63, 3.8) is 0 Å². The Morgan fingerprint density at radius 3 is 2.62 bits per heavy atom. The first-order valence-electron chi connectivity index (χ1n) is 7.13. The van der Waals surface area contributed by atoms with Crippen LogP contribution in [0.1, 0.15) is 25.3 Å². The molecule has 5 heteroatoms. The minimum atomic E-state index is 0.0225. The molecule has 0 spiro atoms. The normalized spacial score (nSPS) is 10.3. The fraction of sp³-hybridized carbons (Fsp3) is 0.375. The van der Waals surface area contributed by atoms with E-state index in [0.29, 0.717) is 24.5 Å². The van der Waals surface area contributed by atoms with Crippen molar-refractivity contribution in [3.05, 3.63) is 52.7 Å². The van der Waals surface area contributed by atoms with Gasteiger partial charge in [0, 0.05) is 25.5 Å². The average Bonchev–Trinajstić information content (AvgIpc) is 2.85. The van der Waals surface area contributed by atoms with Crippen LogP contribution in [-0.2, 0) is 13.1 Å². The molecule has 2 rings (SSSR count). The molecule has 1 heterocycles. The number of aromatic nitrogens is 2. The molecule has 0 radical (unpaired) electrons. The lowest BCUT2D eigenvalue weighted by atomic mass is 10.2. The standard InChI is InChI=1S/C16H19N3O2/c1-2-8-18-10-11-19(16(18)20)9-5-12-21-15-7-4-3-6-14(15)13-17/h3-4,6-7,10-11H,2,5,8-9,12H2,1H3. The summed E-state index contributed by atoms with van der Waals surface area (Å²) in [7, 11) is 0. The summed E-state index contributed by atoms with van der Waals surface area (Å²) in [5.41, 5.74) is 0.554. The molecule has 0 saturated heterocycles. The fourth-order valence-electron chi connectivity index (χ4n) is 2.14. The summed E-state index contributed by atoms with van der Waals surface area (Å²) in [6.45, 7) is 3.89. The topological polar surface area (TPSA) is 59.9 Å². The number of ether oxygens (including phenoxy) is 1. The first-order valence-corrected chi connectivity index (χ1v) is 7.13. The number of hydrogen-bond donors (Lipinski definition) is 0. The Labute approximate surface area is 124 Å². The van der Waals surface area contributed by atoms with Gasteiger partial charge in [0.15, 0.2) is 0 Å². The number of para-hydroxylation sites is 1. The summed E-state index contributed by atoms with van der Waals surface area (Å²) in [5, 5.41) is 8.96. The lowest BCUT2D eigenvalue weighted by Crippen LogP contribution is -2.24. The highest BCUT2D eigenvalue weighted by molar-refractivity contribution is 5.42. The Bertz CT molecular complexity index is 679. The van der Waals surface area contributed by atoms with Crippen LogP contribution in [-0.4, -0.2) is 15.7 Å². The molecule has 0 aliphatic rings. The summed E-state index contributed by atoms with van der Waals surface area (Å²) >= 11 is 0. The molecule has 0 saturated carbocycles. The van der Waals surface area contributed by atoms with Gasteiger partial charge in [-0.05, 0) is 25.0 Å². The van der Waals surface area contributed by atoms with E-state index in [1.807, 2.05) is 19.2 Å². The number of imidazole rings is 1. The van der Waals surface area contributed by atoms with E-state index in [4.69, 9.17) is 10.00 Å². The minimum Gasteiger partial charge on any atom is -0.492 e. The zero-order valence-electron chi connectivity index (χ0n) is 12.2. The van der Waals surface area contributed by atoms with E-state index in [9.17, 15) is 4.79 Å². The van der Waals surface area contributed by atoms with Gasteiger partial charge in [0.25, 0.3) is 0 Å². The highest BCUT2D eigenvalue weighted by Gasteiger charge is 2.04. The van der Waals surface area contributed by atoms with Gasteiger partial charge in [-0.1, -0.05) is 19.1 Å². The summed E-state index contributed by atoms with van der Waals surface area (Å²) in [6, 6.07) is 9.25. The van der Waals surface area contributed by atoms with Crippen molar-refractivity contribution in [1.29, 1.82) is 5.26 Å². The lowest BCUT2D eigenvalue weighted by molar-refractivity contribution is 0.300. The van der Waals surface area contributed by atoms with Crippen LogP contribution in [0.3, 0.4) is 0 Å². The zero-order valence-corrected chi connectivity index (χ0v) is 12.2. The van der Waals surface area contributed by atoms with Crippen LogP contribution < -0.4 is 10.4 Å². The molecule has 0 unspecified atom stereocenters. The van der Waals surface area contributed by atoms with Gasteiger partial charge in [-0.15, -0.1) is 0 Å². The molecule has 5 nitrogen and oxygen atoms in total. The third kappa shape index (κ3) is 3.76. The van der Waals surface area contributed by atoms with E-state index in [1.165, 1.54) is 0 Å². The molecule has 0 aliphatic heterocycles. The predicted octanol–water partition coefficient (Wildman–Crippen LogP) is 2.40. The van der Waals surface area contributed by atoms with Crippen LogP contribution in [0, 0.1) is 11.3 Å². The number of nitriles is 1.